The molecule has 0 fully saturated rings. The van der Waals surface area contributed by atoms with E-state index in [4.69, 9.17) is 0 Å². The second kappa shape index (κ2) is 10.9. The average molecular weight is 736 g/mol. The molecular formula is C47H32N2SSe. The first-order chi connectivity index (χ1) is 25.1. The first-order valence-corrected chi connectivity index (χ1v) is 20.1. The number of hydrogen-bond acceptors (Lipinski definition) is 3. The van der Waals surface area contributed by atoms with Gasteiger partial charge in [0.15, 0.2) is 0 Å². The van der Waals surface area contributed by atoms with Gasteiger partial charge in [-0.1, -0.05) is 38.1 Å². The van der Waals surface area contributed by atoms with Gasteiger partial charge in [0.25, 0.3) is 0 Å². The number of hydrogen-bond donors (Lipinski definition) is 0. The second-order valence-corrected chi connectivity index (χ2v) is 17.5. The number of anilines is 6. The molecule has 0 unspecified atom stereocenters. The van der Waals surface area contributed by atoms with E-state index in [1.807, 2.05) is 11.8 Å². The van der Waals surface area contributed by atoms with Gasteiger partial charge in [-0.15, -0.1) is 0 Å². The monoisotopic (exact) mass is 736 g/mol. The van der Waals surface area contributed by atoms with Crippen molar-refractivity contribution in [3.05, 3.63) is 169 Å². The fourth-order valence-electron chi connectivity index (χ4n) is 8.70. The van der Waals surface area contributed by atoms with E-state index in [-0.39, 0.29) is 20.4 Å². The third-order valence-electron chi connectivity index (χ3n) is 11.0. The standard InChI is InChI=1S/C47H32N2SSe/c1-47(2)35-20-8-7-15-29(35)34-27-42-40(28-36(34)47)48(37-21-9-12-24-41(37)50-42)45-30-16-3-5-18-32(30)46(33-19-6-4-17-31(33)45)49-38-22-10-13-25-43(38)51-44-26-14-11-23-39(44)49/h3-28H,1-2H3. The van der Waals surface area contributed by atoms with Gasteiger partial charge in [0.2, 0.25) is 0 Å². The quantitative estimate of drug-likeness (QED) is 0.129. The van der Waals surface area contributed by atoms with Crippen LogP contribution in [0.1, 0.15) is 25.0 Å². The Kier molecular flexibility index (Phi) is 6.29. The molecule has 0 saturated carbocycles. The molecule has 0 amide bonds. The summed E-state index contributed by atoms with van der Waals surface area (Å²) in [6, 6.07) is 59.0. The van der Waals surface area contributed by atoms with Gasteiger partial charge in [0.05, 0.1) is 0 Å². The Morgan fingerprint density at radius 2 is 0.922 bits per heavy atom. The zero-order valence-corrected chi connectivity index (χ0v) is 30.8. The predicted molar refractivity (Wildman–Crippen MR) is 218 cm³/mol. The Bertz CT molecular complexity index is 2660. The van der Waals surface area contributed by atoms with Gasteiger partial charge in [0.1, 0.15) is 0 Å². The van der Waals surface area contributed by atoms with Crippen LogP contribution < -0.4 is 18.7 Å². The molecule has 11 rings (SSSR count). The molecule has 2 nitrogen and oxygen atoms in total. The van der Waals surface area contributed by atoms with Crippen LogP contribution in [0.5, 0.6) is 0 Å². The number of rotatable bonds is 2. The summed E-state index contributed by atoms with van der Waals surface area (Å²) in [6.45, 7) is 4.76. The third-order valence-corrected chi connectivity index (χ3v) is 14.5. The summed E-state index contributed by atoms with van der Waals surface area (Å²) < 4.78 is 2.82. The number of fused-ring (bicyclic) bond motifs is 9. The van der Waals surface area contributed by atoms with E-state index in [9.17, 15) is 0 Å². The Morgan fingerprint density at radius 3 is 1.55 bits per heavy atom. The molecule has 8 aromatic rings. The Labute approximate surface area is 308 Å². The number of para-hydroxylation sites is 3. The molecule has 2 aliphatic heterocycles. The van der Waals surface area contributed by atoms with Crippen molar-refractivity contribution in [2.75, 3.05) is 9.80 Å². The Hall–Kier alpha value is -5.25. The van der Waals surface area contributed by atoms with Gasteiger partial charge in [-0.25, -0.2) is 0 Å². The number of nitrogens with zero attached hydrogens (tertiary/aromatic N) is 2. The fraction of sp³-hybridized carbons (Fsp3) is 0.0638. The van der Waals surface area contributed by atoms with Crippen LogP contribution in [0, 0.1) is 0 Å². The van der Waals surface area contributed by atoms with Gasteiger partial charge in [-0.3, -0.25) is 0 Å². The normalized spacial score (nSPS) is 14.8. The van der Waals surface area contributed by atoms with Crippen molar-refractivity contribution in [1.29, 1.82) is 0 Å². The van der Waals surface area contributed by atoms with E-state index in [0.29, 0.717) is 0 Å². The third kappa shape index (κ3) is 4.13. The van der Waals surface area contributed by atoms with Crippen molar-refractivity contribution < 1.29 is 0 Å². The van der Waals surface area contributed by atoms with Gasteiger partial charge in [0, 0.05) is 0 Å². The SMILES string of the molecule is CC1(C)c2ccccc2-c2cc3c(cc21)N(c1c2ccccc2c(N2c4ccccc4[Se]c4ccccc42)c2ccccc12)c1ccccc1S3. The van der Waals surface area contributed by atoms with Gasteiger partial charge in [-0.05, 0) is 11.1 Å². The zero-order valence-electron chi connectivity index (χ0n) is 28.2. The van der Waals surface area contributed by atoms with E-state index in [1.54, 1.807) is 0 Å². The fourth-order valence-corrected chi connectivity index (χ4v) is 12.0. The molecule has 0 atom stereocenters. The average Bonchev–Trinajstić information content (AvgIpc) is 3.39. The molecule has 242 valence electrons. The van der Waals surface area contributed by atoms with Gasteiger partial charge >= 0.3 is 261 Å². The summed E-state index contributed by atoms with van der Waals surface area (Å²) in [5, 5.41) is 4.98. The van der Waals surface area contributed by atoms with Crippen LogP contribution in [0.25, 0.3) is 32.7 Å². The van der Waals surface area contributed by atoms with Crippen molar-refractivity contribution in [3.63, 3.8) is 0 Å². The molecule has 8 aromatic carbocycles. The summed E-state index contributed by atoms with van der Waals surface area (Å²) in [7, 11) is 0. The Balaban J connectivity index is 1.24. The van der Waals surface area contributed by atoms with Crippen LogP contribution in [0.4, 0.5) is 34.1 Å². The summed E-state index contributed by atoms with van der Waals surface area (Å²) in [6.07, 6.45) is 0. The van der Waals surface area contributed by atoms with Gasteiger partial charge < -0.3 is 0 Å². The summed E-state index contributed by atoms with van der Waals surface area (Å²) in [5.41, 5.74) is 12.9. The second-order valence-electron chi connectivity index (χ2n) is 14.1. The molecule has 0 radical (unpaired) electrons. The zero-order chi connectivity index (χ0) is 33.8. The van der Waals surface area contributed by atoms with Crippen LogP contribution in [0.2, 0.25) is 0 Å². The molecule has 4 heteroatoms. The summed E-state index contributed by atoms with van der Waals surface area (Å²) >= 11 is 2.13. The topological polar surface area (TPSA) is 6.48 Å². The molecule has 0 saturated heterocycles. The molecule has 2 heterocycles. The number of benzene rings is 8. The van der Waals surface area contributed by atoms with E-state index in [1.165, 1.54) is 96.6 Å². The van der Waals surface area contributed by atoms with E-state index in [0.717, 1.165) is 0 Å². The van der Waals surface area contributed by atoms with Crippen LogP contribution in [0.3, 0.4) is 0 Å². The van der Waals surface area contributed by atoms with Crippen molar-refractivity contribution in [3.8, 4) is 11.1 Å². The van der Waals surface area contributed by atoms with Crippen molar-refractivity contribution >= 4 is 91.3 Å². The first-order valence-electron chi connectivity index (χ1n) is 17.5. The molecule has 0 spiro atoms. The predicted octanol–water partition coefficient (Wildman–Crippen LogP) is 11.7. The summed E-state index contributed by atoms with van der Waals surface area (Å²) in [5.74, 6) is 0. The van der Waals surface area contributed by atoms with Crippen LogP contribution in [-0.4, -0.2) is 15.0 Å². The molecule has 51 heavy (non-hydrogen) atoms. The maximum atomic E-state index is 2.58. The Morgan fingerprint density at radius 1 is 0.431 bits per heavy atom. The van der Waals surface area contributed by atoms with Crippen molar-refractivity contribution in [2.24, 2.45) is 0 Å². The van der Waals surface area contributed by atoms with E-state index >= 15 is 0 Å². The van der Waals surface area contributed by atoms with Crippen LogP contribution in [-0.2, 0) is 5.41 Å². The van der Waals surface area contributed by atoms with E-state index in [2.05, 4.69) is 181 Å². The maximum absolute atomic E-state index is 2.58. The minimum absolute atomic E-state index is 0.0984. The molecule has 3 aliphatic rings. The first kappa shape index (κ1) is 29.5. The molecule has 0 aromatic heterocycles. The molecule has 0 N–H and O–H groups in total. The van der Waals surface area contributed by atoms with Crippen LogP contribution in [0.15, 0.2) is 168 Å². The minimum atomic E-state index is -0.0984. The summed E-state index contributed by atoms with van der Waals surface area (Å²) in [4.78, 5) is 7.69. The van der Waals surface area contributed by atoms with Gasteiger partial charge in [-0.2, -0.15) is 0 Å². The molecule has 0 bridgehead atoms. The van der Waals surface area contributed by atoms with Crippen molar-refractivity contribution in [2.45, 2.75) is 29.1 Å². The van der Waals surface area contributed by atoms with Crippen molar-refractivity contribution in [1.82, 2.24) is 0 Å². The van der Waals surface area contributed by atoms with Crippen LogP contribution >= 0.6 is 11.8 Å². The molecular weight excluding hydrogens is 704 g/mol. The van der Waals surface area contributed by atoms with E-state index < -0.39 is 0 Å². The molecule has 1 aliphatic carbocycles.